The predicted octanol–water partition coefficient (Wildman–Crippen LogP) is -0.634. The maximum absolute atomic E-state index is 15.0. The van der Waals surface area contributed by atoms with Gasteiger partial charge in [0.1, 0.15) is 48.1 Å². The summed E-state index contributed by atoms with van der Waals surface area (Å²) in [6, 6.07) is 15.3. The van der Waals surface area contributed by atoms with Crippen molar-refractivity contribution in [1.29, 1.82) is 0 Å². The summed E-state index contributed by atoms with van der Waals surface area (Å²) in [6.45, 7) is 2.06. The van der Waals surface area contributed by atoms with Crippen molar-refractivity contribution < 1.29 is 88.5 Å². The van der Waals surface area contributed by atoms with Crippen LogP contribution in [0.1, 0.15) is 73.0 Å². The zero-order valence-corrected chi connectivity index (χ0v) is 52.2. The fourth-order valence-electron chi connectivity index (χ4n) is 9.10. The first kappa shape index (κ1) is 71.8. The third-order valence-electron chi connectivity index (χ3n) is 14.1. The molecule has 10 atom stereocenters. The van der Waals surface area contributed by atoms with E-state index >= 15 is 9.59 Å². The maximum Gasteiger partial charge on any atom is 0.337 e. The topological polar surface area (TPSA) is 427 Å². The number of aromatic carboxylic acids is 1. The van der Waals surface area contributed by atoms with E-state index in [9.17, 15) is 53.7 Å². The summed E-state index contributed by atoms with van der Waals surface area (Å²) in [4.78, 5) is 147. The number of aliphatic hydroxyl groups is 3. The van der Waals surface area contributed by atoms with Gasteiger partial charge >= 0.3 is 5.97 Å². The third-order valence-corrected chi connectivity index (χ3v) is 16.5. The van der Waals surface area contributed by atoms with E-state index in [1.54, 1.807) is 72.9 Å². The Hall–Kier alpha value is -7.96. The van der Waals surface area contributed by atoms with Crippen molar-refractivity contribution in [2.24, 2.45) is 5.73 Å². The molecule has 3 aromatic carbocycles. The van der Waals surface area contributed by atoms with E-state index in [0.29, 0.717) is 34.9 Å². The molecule has 9 amide bonds. The van der Waals surface area contributed by atoms with Gasteiger partial charge in [0, 0.05) is 87.0 Å². The van der Waals surface area contributed by atoms with Gasteiger partial charge in [-0.1, -0.05) is 100 Å². The second-order valence-electron chi connectivity index (χ2n) is 20.9. The number of carbonyl (C=O) groups excluding carboxylic acids is 9. The minimum atomic E-state index is -1.73. The van der Waals surface area contributed by atoms with Crippen LogP contribution in [-0.4, -0.2) is 175 Å². The molecule has 6 rings (SSSR count). The minimum Gasteiger partial charge on any atom is -0.478 e. The second-order valence-corrected chi connectivity index (χ2v) is 23.5. The average molecular weight is 1350 g/mol. The number of aromatic amines is 1. The number of nitrogens with zero attached hydrogens (tertiary/aromatic N) is 1. The Kier molecular flexibility index (Phi) is 29.4. The van der Waals surface area contributed by atoms with Gasteiger partial charge in [0.15, 0.2) is 0 Å². The van der Waals surface area contributed by atoms with Crippen LogP contribution in [0.5, 0.6) is 0 Å². The number of aromatic nitrogens is 2. The molecule has 0 bridgehead atoms. The number of nitrogens with two attached hydrogens (primary N) is 1. The average Bonchev–Trinajstić information content (AvgIpc) is 2.86. The van der Waals surface area contributed by atoms with Crippen molar-refractivity contribution in [1.82, 2.24) is 57.9 Å². The molecule has 479 valence electrons. The Morgan fingerprint density at radius 2 is 1.31 bits per heavy atom. The van der Waals surface area contributed by atoms with Gasteiger partial charge in [0.05, 0.1) is 30.4 Å². The summed E-state index contributed by atoms with van der Waals surface area (Å²) in [5, 5.41) is 62.6. The van der Waals surface area contributed by atoms with E-state index in [2.05, 4.69) is 63.4 Å². The van der Waals surface area contributed by atoms with Crippen molar-refractivity contribution in [2.75, 3.05) is 30.1 Å². The fourth-order valence-corrected chi connectivity index (χ4v) is 11.4. The number of rotatable bonds is 24. The number of para-hydroxylation sites is 1. The van der Waals surface area contributed by atoms with Crippen LogP contribution in [0.4, 0.5) is 5.82 Å². The molecular formula is C59H75N13O14S2Tc. The van der Waals surface area contributed by atoms with Gasteiger partial charge in [-0.2, -0.15) is 0 Å². The number of nitrogens with one attached hydrogen (secondary N) is 11. The number of hydrogen-bond acceptors (Lipinski definition) is 18. The van der Waals surface area contributed by atoms with Crippen molar-refractivity contribution in [3.05, 3.63) is 132 Å². The summed E-state index contributed by atoms with van der Waals surface area (Å²) in [7, 11) is 1.88. The van der Waals surface area contributed by atoms with Crippen molar-refractivity contribution in [2.45, 2.75) is 126 Å². The Morgan fingerprint density at radius 1 is 0.697 bits per heavy atom. The predicted molar refractivity (Wildman–Crippen MR) is 328 cm³/mol. The molecule has 0 spiro atoms. The van der Waals surface area contributed by atoms with Crippen LogP contribution < -0.4 is 59.1 Å². The molecule has 3 heterocycles. The van der Waals surface area contributed by atoms with Gasteiger partial charge in [-0.3, -0.25) is 54.0 Å². The molecule has 1 aliphatic rings. The van der Waals surface area contributed by atoms with Gasteiger partial charge in [-0.15, -0.1) is 0 Å². The number of unbranched alkanes of at least 4 members (excludes halogenated alkanes) is 1. The molecule has 0 aliphatic carbocycles. The molecular weight excluding hydrogens is 1280 g/mol. The largest absolute Gasteiger partial charge is 0.478 e. The summed E-state index contributed by atoms with van der Waals surface area (Å²) in [5.74, 6) is -9.42. The molecule has 3 unspecified atom stereocenters. The molecule has 89 heavy (non-hydrogen) atoms. The number of fused-ring (bicyclic) bond motifs is 1. The van der Waals surface area contributed by atoms with E-state index in [0.717, 1.165) is 33.3 Å². The smallest absolute Gasteiger partial charge is 0.337 e. The minimum absolute atomic E-state index is 0. The number of hydrazine groups is 1. The quantitative estimate of drug-likeness (QED) is 0.0208. The van der Waals surface area contributed by atoms with Crippen molar-refractivity contribution in [3.8, 4) is 0 Å². The standard InChI is InChI=1S/C59H75N13O14S2.Tc/c1-33(74)45(30-73)67-57(83)47-32-88-87-31-46(68-53(79)42(25-35-13-5-3-6-14-35)63-49(76)22-23-50(77)72-71-48-21-20-37(28-62-48)59(85)86)56(82)65-43(26-36-15-7-4-8-16-36)54(80)66-44(27-38-29-61-40-18-10-9-17-39(38)40)55(81)64-41(19-11-12-24-60)52(78)70-51(34(2)75)58(84)69-47;/h3-10,13-18,20-21,28-29,33-34,41-47,51,61,73-75H,11-12,19,22-27,30-32,60H2,1-2H3,(H,62,71)(H,63,76)(H,64,81)(H,65,82)(H,66,80)(H,67,83)(H,68,79)(H,69,84)(H,70,78)(H,72,77)(H,85,86);/t33?,34?,41-,42-,43-,44+,45?,46-,47+,51-;/m1./s1/i;1+1. The molecule has 1 fully saturated rings. The zero-order valence-electron chi connectivity index (χ0n) is 48.7. The molecule has 1 saturated heterocycles. The van der Waals surface area contributed by atoms with E-state index in [-0.39, 0.29) is 81.6 Å². The number of H-pyrrole nitrogens is 1. The number of anilines is 1. The van der Waals surface area contributed by atoms with Gasteiger partial charge in [0.25, 0.3) is 0 Å². The van der Waals surface area contributed by atoms with Crippen LogP contribution in [-0.2, 0) is 82.5 Å². The number of carbonyl (C=O) groups is 10. The number of carboxylic acids is 1. The van der Waals surface area contributed by atoms with Crippen LogP contribution in [0, 0.1) is 0 Å². The molecule has 1 aliphatic heterocycles. The Labute approximate surface area is 534 Å². The van der Waals surface area contributed by atoms with Crippen LogP contribution in [0.2, 0.25) is 0 Å². The number of hydrogen-bond donors (Lipinski definition) is 16. The van der Waals surface area contributed by atoms with Gasteiger partial charge in [0.2, 0.25) is 53.2 Å². The molecule has 17 N–H and O–H groups in total. The number of aliphatic hydroxyl groups excluding tert-OH is 3. The molecule has 1 radical (unpaired) electrons. The monoisotopic (exact) mass is 1350 g/mol. The van der Waals surface area contributed by atoms with Crippen molar-refractivity contribution in [3.63, 3.8) is 0 Å². The normalized spacial score (nSPS) is 20.2. The second kappa shape index (κ2) is 36.5. The fraction of sp³-hybridized carbons (Fsp3) is 0.407. The van der Waals surface area contributed by atoms with Crippen LogP contribution >= 0.6 is 21.6 Å². The Bertz CT molecular complexity index is 3190. The first-order chi connectivity index (χ1) is 42.2. The molecule has 5 aromatic rings. The van der Waals surface area contributed by atoms with E-state index in [1.807, 2.05) is 18.2 Å². The number of amides is 9. The summed E-state index contributed by atoms with van der Waals surface area (Å²) < 4.78 is 0. The maximum atomic E-state index is 15.0. The summed E-state index contributed by atoms with van der Waals surface area (Å²) in [6.07, 6.45) is -0.622. The number of benzene rings is 3. The molecule has 27 nitrogen and oxygen atoms in total. The van der Waals surface area contributed by atoms with Crippen LogP contribution in [0.25, 0.3) is 10.9 Å². The molecule has 0 saturated carbocycles. The Balaban J connectivity index is 0.0000144. The summed E-state index contributed by atoms with van der Waals surface area (Å²) >= 11 is 0. The summed E-state index contributed by atoms with van der Waals surface area (Å²) in [5.41, 5.74) is 13.1. The number of carboxylic acid groups (broad SMARTS) is 1. The zero-order chi connectivity index (χ0) is 63.7. The van der Waals surface area contributed by atoms with Gasteiger partial charge in [-0.25, -0.2) is 9.78 Å². The van der Waals surface area contributed by atoms with Crippen molar-refractivity contribution >= 4 is 97.4 Å². The van der Waals surface area contributed by atoms with E-state index in [4.69, 9.17) is 10.8 Å². The van der Waals surface area contributed by atoms with Crippen LogP contribution in [0.3, 0.4) is 0 Å². The first-order valence-electron chi connectivity index (χ1n) is 28.4. The van der Waals surface area contributed by atoms with Crippen LogP contribution in [0.15, 0.2) is 109 Å². The van der Waals surface area contributed by atoms with Gasteiger partial charge < -0.3 is 73.7 Å². The molecule has 2 aromatic heterocycles. The number of pyridine rings is 1. The SMILES string of the molecule is CC(O)C(CO)NC(=O)[C@@H]1CSSC[C@@H](NC(=O)[C@@H](Cc2ccccc2)NC(=O)CCC(=O)NNc2ccc(C(=O)O)cn2)C(=O)N[C@H](Cc2ccccc2)C(=O)N[C@@H](Cc2c[nH]c3ccccc23)C(=O)N[C@H](CCCCN)C(=O)N[C@H](C(C)O)C(=O)N1.[99Tc]. The molecule has 30 heteroatoms. The first-order valence-corrected chi connectivity index (χ1v) is 30.9. The Morgan fingerprint density at radius 3 is 1.96 bits per heavy atom. The van der Waals surface area contributed by atoms with Gasteiger partial charge in [-0.05, 0) is 74.5 Å². The third kappa shape index (κ3) is 22.9. The van der Waals surface area contributed by atoms with E-state index in [1.165, 1.54) is 26.0 Å². The van der Waals surface area contributed by atoms with E-state index < -0.39 is 133 Å².